The Hall–Kier alpha value is -1.30. The van der Waals surface area contributed by atoms with Gasteiger partial charge in [-0.3, -0.25) is 4.90 Å². The van der Waals surface area contributed by atoms with Gasteiger partial charge in [-0.2, -0.15) is 0 Å². The second kappa shape index (κ2) is 8.70. The Morgan fingerprint density at radius 1 is 1.12 bits per heavy atom. The van der Waals surface area contributed by atoms with Gasteiger partial charge in [0.05, 0.1) is 26.9 Å². The van der Waals surface area contributed by atoms with E-state index in [9.17, 15) is 0 Å². The van der Waals surface area contributed by atoms with E-state index in [0.29, 0.717) is 12.1 Å². The lowest BCUT2D eigenvalue weighted by atomic mass is 9.91. The van der Waals surface area contributed by atoms with E-state index in [-0.39, 0.29) is 0 Å². The molecule has 2 fully saturated rings. The molecular formula is C19H30N2O3. The topological polar surface area (TPSA) is 43.0 Å². The molecule has 0 amide bonds. The minimum Gasteiger partial charge on any atom is -0.493 e. The quantitative estimate of drug-likeness (QED) is 0.830. The summed E-state index contributed by atoms with van der Waals surface area (Å²) in [7, 11) is 3.34. The second-order valence-electron chi connectivity index (χ2n) is 6.67. The van der Waals surface area contributed by atoms with Crippen molar-refractivity contribution in [3.63, 3.8) is 0 Å². The van der Waals surface area contributed by atoms with Gasteiger partial charge in [-0.25, -0.2) is 0 Å². The first kappa shape index (κ1) is 17.5. The fraction of sp³-hybridized carbons (Fsp3) is 0.684. The number of hydrogen-bond donors (Lipinski definition) is 1. The highest BCUT2D eigenvalue weighted by molar-refractivity contribution is 5.42. The fourth-order valence-electron chi connectivity index (χ4n) is 3.86. The van der Waals surface area contributed by atoms with Crippen LogP contribution in [0.15, 0.2) is 18.2 Å². The van der Waals surface area contributed by atoms with Crippen molar-refractivity contribution in [3.05, 3.63) is 23.8 Å². The summed E-state index contributed by atoms with van der Waals surface area (Å²) in [5, 5.41) is 3.44. The standard InChI is InChI=1S/C19H30N2O3/c1-22-18-8-7-15(13-19(18)23-2)9-12-24-17-6-4-3-5-16(17)21-11-10-20-14-21/h7-8,13,16-17,20H,3-6,9-12,14H2,1-2H3. The van der Waals surface area contributed by atoms with Crippen LogP contribution in [-0.4, -0.2) is 57.6 Å². The molecule has 3 rings (SSSR count). The van der Waals surface area contributed by atoms with Gasteiger partial charge in [-0.05, 0) is 37.0 Å². The number of benzene rings is 1. The van der Waals surface area contributed by atoms with Crippen LogP contribution in [0.5, 0.6) is 11.5 Å². The third-order valence-corrected chi connectivity index (χ3v) is 5.20. The Balaban J connectivity index is 1.52. The Labute approximate surface area is 145 Å². The Bertz CT molecular complexity index is 517. The lowest BCUT2D eigenvalue weighted by Gasteiger charge is -2.37. The molecule has 134 valence electrons. The number of rotatable bonds is 7. The van der Waals surface area contributed by atoms with Gasteiger partial charge in [0, 0.05) is 25.8 Å². The molecule has 1 saturated carbocycles. The van der Waals surface area contributed by atoms with Crippen LogP contribution in [0.4, 0.5) is 0 Å². The SMILES string of the molecule is COc1ccc(CCOC2CCCCC2N2CCNC2)cc1OC. The largest absolute Gasteiger partial charge is 0.493 e. The average Bonchev–Trinajstić information content (AvgIpc) is 3.16. The number of ether oxygens (including phenoxy) is 3. The van der Waals surface area contributed by atoms with E-state index in [1.807, 2.05) is 12.1 Å². The summed E-state index contributed by atoms with van der Waals surface area (Å²) in [5.41, 5.74) is 1.22. The zero-order valence-electron chi connectivity index (χ0n) is 14.9. The maximum absolute atomic E-state index is 6.30. The van der Waals surface area contributed by atoms with E-state index in [1.165, 1.54) is 31.2 Å². The fourth-order valence-corrected chi connectivity index (χ4v) is 3.86. The molecule has 1 aliphatic heterocycles. The predicted molar refractivity (Wildman–Crippen MR) is 94.8 cm³/mol. The number of nitrogens with zero attached hydrogens (tertiary/aromatic N) is 1. The minimum absolute atomic E-state index is 0.374. The van der Waals surface area contributed by atoms with Crippen molar-refractivity contribution in [2.45, 2.75) is 44.2 Å². The molecule has 0 aromatic heterocycles. The molecule has 1 heterocycles. The number of methoxy groups -OCH3 is 2. The van der Waals surface area contributed by atoms with Crippen molar-refractivity contribution in [3.8, 4) is 11.5 Å². The van der Waals surface area contributed by atoms with Crippen molar-refractivity contribution in [2.75, 3.05) is 40.6 Å². The van der Waals surface area contributed by atoms with Crippen molar-refractivity contribution < 1.29 is 14.2 Å². The zero-order valence-corrected chi connectivity index (χ0v) is 14.9. The molecule has 1 saturated heterocycles. The summed E-state index contributed by atoms with van der Waals surface area (Å²) < 4.78 is 17.0. The van der Waals surface area contributed by atoms with Crippen LogP contribution < -0.4 is 14.8 Å². The van der Waals surface area contributed by atoms with Crippen LogP contribution >= 0.6 is 0 Å². The molecule has 1 N–H and O–H groups in total. The predicted octanol–water partition coefficient (Wildman–Crippen LogP) is 2.44. The van der Waals surface area contributed by atoms with E-state index < -0.39 is 0 Å². The molecule has 5 heteroatoms. The molecule has 5 nitrogen and oxygen atoms in total. The molecule has 1 aliphatic carbocycles. The monoisotopic (exact) mass is 334 g/mol. The lowest BCUT2D eigenvalue weighted by Crippen LogP contribution is -2.46. The molecule has 2 aliphatic rings. The average molecular weight is 334 g/mol. The summed E-state index contributed by atoms with van der Waals surface area (Å²) in [6, 6.07) is 6.69. The van der Waals surface area contributed by atoms with Gasteiger partial charge in [-0.15, -0.1) is 0 Å². The molecule has 0 spiro atoms. The molecule has 1 aromatic rings. The second-order valence-corrected chi connectivity index (χ2v) is 6.67. The molecule has 0 bridgehead atoms. The van der Waals surface area contributed by atoms with Gasteiger partial charge in [-0.1, -0.05) is 18.9 Å². The maximum Gasteiger partial charge on any atom is 0.160 e. The molecular weight excluding hydrogens is 304 g/mol. The van der Waals surface area contributed by atoms with Crippen molar-refractivity contribution in [1.82, 2.24) is 10.2 Å². The highest BCUT2D eigenvalue weighted by Crippen LogP contribution is 2.29. The van der Waals surface area contributed by atoms with Crippen molar-refractivity contribution in [1.29, 1.82) is 0 Å². The van der Waals surface area contributed by atoms with E-state index >= 15 is 0 Å². The van der Waals surface area contributed by atoms with Gasteiger partial charge in [0.25, 0.3) is 0 Å². The van der Waals surface area contributed by atoms with Crippen LogP contribution in [0.3, 0.4) is 0 Å². The van der Waals surface area contributed by atoms with Gasteiger partial charge < -0.3 is 19.5 Å². The smallest absolute Gasteiger partial charge is 0.160 e. The Morgan fingerprint density at radius 3 is 2.71 bits per heavy atom. The van der Waals surface area contributed by atoms with E-state index in [0.717, 1.165) is 44.3 Å². The highest BCUT2D eigenvalue weighted by atomic mass is 16.5. The summed E-state index contributed by atoms with van der Waals surface area (Å²) in [6.07, 6.45) is 6.35. The third-order valence-electron chi connectivity index (χ3n) is 5.20. The van der Waals surface area contributed by atoms with Crippen molar-refractivity contribution >= 4 is 0 Å². The van der Waals surface area contributed by atoms with Gasteiger partial charge >= 0.3 is 0 Å². The molecule has 1 aromatic carbocycles. The highest BCUT2D eigenvalue weighted by Gasteiger charge is 2.31. The summed E-state index contributed by atoms with van der Waals surface area (Å²) in [4.78, 5) is 2.56. The van der Waals surface area contributed by atoms with Crippen LogP contribution in [0.25, 0.3) is 0 Å². The summed E-state index contributed by atoms with van der Waals surface area (Å²) in [6.45, 7) is 4.03. The first-order chi connectivity index (χ1) is 11.8. The first-order valence-electron chi connectivity index (χ1n) is 9.09. The van der Waals surface area contributed by atoms with Crippen LogP contribution in [0.1, 0.15) is 31.2 Å². The molecule has 2 atom stereocenters. The molecule has 24 heavy (non-hydrogen) atoms. The van der Waals surface area contributed by atoms with Crippen LogP contribution in [-0.2, 0) is 11.2 Å². The Morgan fingerprint density at radius 2 is 1.96 bits per heavy atom. The van der Waals surface area contributed by atoms with Crippen LogP contribution in [0, 0.1) is 0 Å². The van der Waals surface area contributed by atoms with Crippen molar-refractivity contribution in [2.24, 2.45) is 0 Å². The zero-order chi connectivity index (χ0) is 16.8. The molecule has 2 unspecified atom stereocenters. The number of hydrogen-bond acceptors (Lipinski definition) is 5. The third kappa shape index (κ3) is 4.21. The number of nitrogens with one attached hydrogen (secondary N) is 1. The minimum atomic E-state index is 0.374. The first-order valence-corrected chi connectivity index (χ1v) is 9.09. The van der Waals surface area contributed by atoms with Gasteiger partial charge in [0.1, 0.15) is 0 Å². The lowest BCUT2D eigenvalue weighted by molar-refractivity contribution is -0.0293. The Kier molecular flexibility index (Phi) is 6.35. The summed E-state index contributed by atoms with van der Waals surface area (Å²) >= 11 is 0. The van der Waals surface area contributed by atoms with E-state index in [1.54, 1.807) is 14.2 Å². The molecule has 0 radical (unpaired) electrons. The maximum atomic E-state index is 6.30. The van der Waals surface area contributed by atoms with E-state index in [4.69, 9.17) is 14.2 Å². The normalized spacial score (nSPS) is 24.9. The van der Waals surface area contributed by atoms with E-state index in [2.05, 4.69) is 16.3 Å². The van der Waals surface area contributed by atoms with Gasteiger partial charge in [0.2, 0.25) is 0 Å². The summed E-state index contributed by atoms with van der Waals surface area (Å²) in [5.74, 6) is 1.56. The van der Waals surface area contributed by atoms with Crippen LogP contribution in [0.2, 0.25) is 0 Å². The van der Waals surface area contributed by atoms with Gasteiger partial charge in [0.15, 0.2) is 11.5 Å².